The van der Waals surface area contributed by atoms with Crippen molar-refractivity contribution >= 4 is 11.8 Å². The minimum atomic E-state index is 0.478. The van der Waals surface area contributed by atoms with Gasteiger partial charge in [-0.05, 0) is 49.8 Å². The number of hydrogen-bond acceptors (Lipinski definition) is 2. The maximum atomic E-state index is 3.49. The average molecular weight is 203 g/mol. The van der Waals surface area contributed by atoms with Crippen molar-refractivity contribution in [3.05, 3.63) is 0 Å². The number of rotatable bonds is 7. The van der Waals surface area contributed by atoms with Crippen LogP contribution < -0.4 is 5.32 Å². The molecule has 0 unspecified atom stereocenters. The highest BCUT2D eigenvalue weighted by atomic mass is 32.2. The number of unbranched alkanes of at least 4 members (excludes halogenated alkanes) is 1. The molecule has 0 saturated heterocycles. The largest absolute Gasteiger partial charge is 0.317 e. The first kappa shape index (κ1) is 13.3. The quantitative estimate of drug-likeness (QED) is 0.638. The van der Waals surface area contributed by atoms with Gasteiger partial charge in [-0.25, -0.2) is 0 Å². The monoisotopic (exact) mass is 203 g/mol. The normalized spacial score (nSPS) is 12.0. The highest BCUT2D eigenvalue weighted by Crippen LogP contribution is 2.16. The van der Waals surface area contributed by atoms with Gasteiger partial charge in [-0.1, -0.05) is 20.8 Å². The lowest BCUT2D eigenvalue weighted by molar-refractivity contribution is 0.366. The van der Waals surface area contributed by atoms with E-state index in [1.165, 1.54) is 38.1 Å². The fourth-order valence-corrected chi connectivity index (χ4v) is 1.58. The van der Waals surface area contributed by atoms with E-state index in [1.807, 2.05) is 11.8 Å². The van der Waals surface area contributed by atoms with Crippen LogP contribution in [0.25, 0.3) is 0 Å². The van der Waals surface area contributed by atoms with Gasteiger partial charge >= 0.3 is 0 Å². The van der Waals surface area contributed by atoms with Gasteiger partial charge in [-0.3, -0.25) is 0 Å². The summed E-state index contributed by atoms with van der Waals surface area (Å²) in [6, 6.07) is 0. The van der Waals surface area contributed by atoms with Crippen LogP contribution in [0.15, 0.2) is 0 Å². The first-order valence-electron chi connectivity index (χ1n) is 5.26. The van der Waals surface area contributed by atoms with E-state index < -0.39 is 0 Å². The third kappa shape index (κ3) is 12.3. The summed E-state index contributed by atoms with van der Waals surface area (Å²) >= 11 is 1.94. The zero-order valence-corrected chi connectivity index (χ0v) is 10.5. The van der Waals surface area contributed by atoms with E-state index in [0.717, 1.165) is 0 Å². The molecule has 1 nitrogen and oxygen atoms in total. The number of nitrogens with one attached hydrogen (secondary N) is 1. The zero-order valence-electron chi connectivity index (χ0n) is 9.65. The van der Waals surface area contributed by atoms with Crippen LogP contribution >= 0.6 is 11.8 Å². The third-order valence-corrected chi connectivity index (χ3v) is 2.70. The fourth-order valence-electron chi connectivity index (χ4n) is 1.08. The van der Waals surface area contributed by atoms with Crippen LogP contribution in [0.5, 0.6) is 0 Å². The molecule has 0 aliphatic rings. The van der Waals surface area contributed by atoms with E-state index >= 15 is 0 Å². The molecular formula is C11H25NS. The maximum absolute atomic E-state index is 3.49. The predicted octanol–water partition coefficient (Wildman–Crippen LogP) is 3.16. The van der Waals surface area contributed by atoms with Crippen molar-refractivity contribution in [2.24, 2.45) is 5.41 Å². The van der Waals surface area contributed by atoms with E-state index in [0.29, 0.717) is 5.41 Å². The van der Waals surface area contributed by atoms with Crippen molar-refractivity contribution in [1.82, 2.24) is 5.32 Å². The van der Waals surface area contributed by atoms with Crippen molar-refractivity contribution in [3.63, 3.8) is 0 Å². The highest BCUT2D eigenvalue weighted by Gasteiger charge is 2.08. The van der Waals surface area contributed by atoms with Gasteiger partial charge in [0.05, 0.1) is 0 Å². The molecule has 0 aromatic rings. The summed E-state index contributed by atoms with van der Waals surface area (Å²) in [5.74, 6) is 1.31. The Morgan fingerprint density at radius 2 is 1.77 bits per heavy atom. The van der Waals surface area contributed by atoms with E-state index in [1.54, 1.807) is 0 Å². The number of thioether (sulfide) groups is 1. The molecule has 0 atom stereocenters. The summed E-state index contributed by atoms with van der Waals surface area (Å²) in [5, 5.41) is 3.49. The number of hydrogen-bond donors (Lipinski definition) is 1. The first-order chi connectivity index (χ1) is 6.06. The minimum absolute atomic E-state index is 0.478. The molecule has 0 saturated carbocycles. The zero-order chi connectivity index (χ0) is 10.2. The summed E-state index contributed by atoms with van der Waals surface area (Å²) in [4.78, 5) is 0. The van der Waals surface area contributed by atoms with Crippen LogP contribution in [0.2, 0.25) is 0 Å². The Morgan fingerprint density at radius 1 is 1.08 bits per heavy atom. The summed E-state index contributed by atoms with van der Waals surface area (Å²) in [6.07, 6.45) is 6.12. The second-order valence-electron chi connectivity index (χ2n) is 4.76. The average Bonchev–Trinajstić information content (AvgIpc) is 2.01. The molecule has 0 bridgehead atoms. The second-order valence-corrected chi connectivity index (χ2v) is 5.75. The molecule has 0 rings (SSSR count). The molecule has 0 aromatic carbocycles. The Bertz CT molecular complexity index is 107. The lowest BCUT2D eigenvalue weighted by Crippen LogP contribution is -2.21. The van der Waals surface area contributed by atoms with Gasteiger partial charge in [-0.15, -0.1) is 0 Å². The van der Waals surface area contributed by atoms with Crippen LogP contribution in [-0.4, -0.2) is 25.1 Å². The molecule has 80 valence electrons. The van der Waals surface area contributed by atoms with E-state index in [9.17, 15) is 0 Å². The Kier molecular flexibility index (Phi) is 7.87. The van der Waals surface area contributed by atoms with Crippen LogP contribution in [0.3, 0.4) is 0 Å². The SMILES string of the molecule is CSCCCCNCCC(C)(C)C. The van der Waals surface area contributed by atoms with Gasteiger partial charge in [0.1, 0.15) is 0 Å². The summed E-state index contributed by atoms with van der Waals surface area (Å²) in [7, 11) is 0. The second kappa shape index (κ2) is 7.69. The molecule has 0 aliphatic heterocycles. The van der Waals surface area contributed by atoms with Crippen molar-refractivity contribution in [1.29, 1.82) is 0 Å². The van der Waals surface area contributed by atoms with Crippen LogP contribution in [0.1, 0.15) is 40.0 Å². The van der Waals surface area contributed by atoms with Gasteiger partial charge in [0, 0.05) is 0 Å². The molecule has 0 radical (unpaired) electrons. The van der Waals surface area contributed by atoms with Crippen LogP contribution in [0, 0.1) is 5.41 Å². The lowest BCUT2D eigenvalue weighted by atomic mass is 9.92. The summed E-state index contributed by atoms with van der Waals surface area (Å²) in [6.45, 7) is 9.24. The molecule has 0 aliphatic carbocycles. The molecule has 1 N–H and O–H groups in total. The van der Waals surface area contributed by atoms with Crippen LogP contribution in [-0.2, 0) is 0 Å². The van der Waals surface area contributed by atoms with Crippen LogP contribution in [0.4, 0.5) is 0 Å². The predicted molar refractivity (Wildman–Crippen MR) is 64.6 cm³/mol. The third-order valence-electron chi connectivity index (χ3n) is 2.00. The van der Waals surface area contributed by atoms with Crippen molar-refractivity contribution < 1.29 is 0 Å². The van der Waals surface area contributed by atoms with Gasteiger partial charge in [0.25, 0.3) is 0 Å². The highest BCUT2D eigenvalue weighted by molar-refractivity contribution is 7.98. The molecule has 0 amide bonds. The maximum Gasteiger partial charge on any atom is -0.00439 e. The molecule has 2 heteroatoms. The van der Waals surface area contributed by atoms with Gasteiger partial charge in [0.2, 0.25) is 0 Å². The van der Waals surface area contributed by atoms with Crippen molar-refractivity contribution in [2.45, 2.75) is 40.0 Å². The van der Waals surface area contributed by atoms with E-state index in [4.69, 9.17) is 0 Å². The Hall–Kier alpha value is 0.310. The van der Waals surface area contributed by atoms with E-state index in [-0.39, 0.29) is 0 Å². The summed E-state index contributed by atoms with van der Waals surface area (Å²) in [5.41, 5.74) is 0.478. The summed E-state index contributed by atoms with van der Waals surface area (Å²) < 4.78 is 0. The Morgan fingerprint density at radius 3 is 2.31 bits per heavy atom. The molecule has 0 fully saturated rings. The topological polar surface area (TPSA) is 12.0 Å². The van der Waals surface area contributed by atoms with Crippen molar-refractivity contribution in [2.75, 3.05) is 25.1 Å². The molecule has 13 heavy (non-hydrogen) atoms. The molecular weight excluding hydrogens is 178 g/mol. The van der Waals surface area contributed by atoms with Gasteiger partial charge < -0.3 is 5.32 Å². The molecule has 0 aromatic heterocycles. The smallest absolute Gasteiger partial charge is 0.00439 e. The Balaban J connectivity index is 3.00. The van der Waals surface area contributed by atoms with Gasteiger partial charge in [0.15, 0.2) is 0 Å². The molecule has 0 heterocycles. The first-order valence-corrected chi connectivity index (χ1v) is 6.65. The fraction of sp³-hybridized carbons (Fsp3) is 1.00. The molecule has 0 spiro atoms. The standard InChI is InChI=1S/C11H25NS/c1-11(2,3)7-9-12-8-5-6-10-13-4/h12H,5-10H2,1-4H3. The van der Waals surface area contributed by atoms with E-state index in [2.05, 4.69) is 32.3 Å². The van der Waals surface area contributed by atoms with Gasteiger partial charge in [-0.2, -0.15) is 11.8 Å². The van der Waals surface area contributed by atoms with Crippen molar-refractivity contribution in [3.8, 4) is 0 Å². The minimum Gasteiger partial charge on any atom is -0.317 e. The Labute approximate surface area is 88.1 Å². The lowest BCUT2D eigenvalue weighted by Gasteiger charge is -2.17.